The molecule has 2 rings (SSSR count). The average Bonchev–Trinajstić information content (AvgIpc) is 2.75. The van der Waals surface area contributed by atoms with Crippen LogP contribution in [-0.2, 0) is 17.7 Å². The summed E-state index contributed by atoms with van der Waals surface area (Å²) in [6.45, 7) is 5.69. The van der Waals surface area contributed by atoms with Gasteiger partial charge < -0.3 is 15.0 Å². The lowest BCUT2D eigenvalue weighted by atomic mass is 9.94. The number of aryl methyl sites for hydroxylation is 1. The molecule has 0 aliphatic carbocycles. The number of imidazole rings is 1. The Morgan fingerprint density at radius 1 is 1.32 bits per heavy atom. The molecule has 0 bridgehead atoms. The molecule has 19 heavy (non-hydrogen) atoms. The Balaban J connectivity index is 2.39. The van der Waals surface area contributed by atoms with Crippen molar-refractivity contribution in [2.45, 2.75) is 38.8 Å². The Morgan fingerprint density at radius 2 is 2.05 bits per heavy atom. The Morgan fingerprint density at radius 3 is 2.68 bits per heavy atom. The van der Waals surface area contributed by atoms with Crippen molar-refractivity contribution in [1.29, 1.82) is 0 Å². The van der Waals surface area contributed by atoms with Gasteiger partial charge in [0.1, 0.15) is 5.82 Å². The van der Waals surface area contributed by atoms with E-state index in [9.17, 15) is 0 Å². The highest BCUT2D eigenvalue weighted by atomic mass is 16.5. The molecule has 2 N–H and O–H groups in total. The Hall–Kier alpha value is -1.39. The zero-order valence-corrected chi connectivity index (χ0v) is 12.0. The van der Waals surface area contributed by atoms with Crippen LogP contribution in [-0.4, -0.2) is 28.8 Å². The van der Waals surface area contributed by atoms with Gasteiger partial charge in [-0.2, -0.15) is 0 Å². The van der Waals surface area contributed by atoms with Gasteiger partial charge in [-0.3, -0.25) is 0 Å². The first kappa shape index (κ1) is 14.0. The summed E-state index contributed by atoms with van der Waals surface area (Å²) < 4.78 is 7.49. The van der Waals surface area contributed by atoms with Crippen LogP contribution in [0, 0.1) is 0 Å². The van der Waals surface area contributed by atoms with Gasteiger partial charge in [0.2, 0.25) is 0 Å². The summed E-state index contributed by atoms with van der Waals surface area (Å²) in [5, 5.41) is 0. The number of benzene rings is 1. The van der Waals surface area contributed by atoms with E-state index in [1.165, 1.54) is 5.52 Å². The number of fused-ring (bicyclic) bond motifs is 1. The summed E-state index contributed by atoms with van der Waals surface area (Å²) >= 11 is 0. The van der Waals surface area contributed by atoms with Crippen LogP contribution >= 0.6 is 0 Å². The standard InChI is InChI=1S/C15H23N3O/c1-4-15(16,11-19-3)10-14-17-12-8-6-7-9-13(12)18(14)5-2/h6-9H,4-5,10-11,16H2,1-3H3. The number of nitrogens with zero attached hydrogens (tertiary/aromatic N) is 2. The molecule has 4 heteroatoms. The first-order chi connectivity index (χ1) is 9.13. The number of para-hydroxylation sites is 2. The molecule has 1 aromatic heterocycles. The first-order valence-electron chi connectivity index (χ1n) is 6.85. The largest absolute Gasteiger partial charge is 0.383 e. The van der Waals surface area contributed by atoms with Crippen molar-refractivity contribution in [3.63, 3.8) is 0 Å². The van der Waals surface area contributed by atoms with Crippen molar-refractivity contribution in [1.82, 2.24) is 9.55 Å². The molecule has 0 amide bonds. The van der Waals surface area contributed by atoms with Crippen molar-refractivity contribution in [3.8, 4) is 0 Å². The minimum atomic E-state index is -0.344. The minimum absolute atomic E-state index is 0.344. The number of nitrogens with two attached hydrogens (primary N) is 1. The van der Waals surface area contributed by atoms with E-state index < -0.39 is 0 Å². The lowest BCUT2D eigenvalue weighted by Crippen LogP contribution is -2.46. The van der Waals surface area contributed by atoms with Gasteiger partial charge in [-0.05, 0) is 25.5 Å². The lowest BCUT2D eigenvalue weighted by Gasteiger charge is -2.27. The van der Waals surface area contributed by atoms with Crippen LogP contribution in [0.3, 0.4) is 0 Å². The molecule has 104 valence electrons. The van der Waals surface area contributed by atoms with E-state index in [0.29, 0.717) is 6.61 Å². The van der Waals surface area contributed by atoms with Gasteiger partial charge >= 0.3 is 0 Å². The molecule has 1 aromatic carbocycles. The van der Waals surface area contributed by atoms with E-state index in [4.69, 9.17) is 15.5 Å². The number of hydrogen-bond acceptors (Lipinski definition) is 3. The number of rotatable bonds is 6. The summed E-state index contributed by atoms with van der Waals surface area (Å²) in [4.78, 5) is 4.73. The highest BCUT2D eigenvalue weighted by Gasteiger charge is 2.26. The fourth-order valence-corrected chi connectivity index (χ4v) is 2.49. The molecule has 0 aliphatic heterocycles. The molecule has 0 aliphatic rings. The fourth-order valence-electron chi connectivity index (χ4n) is 2.49. The smallest absolute Gasteiger partial charge is 0.111 e. The van der Waals surface area contributed by atoms with Gasteiger partial charge in [0, 0.05) is 25.6 Å². The van der Waals surface area contributed by atoms with Gasteiger partial charge in [0.15, 0.2) is 0 Å². The molecule has 0 saturated carbocycles. The quantitative estimate of drug-likeness (QED) is 0.868. The monoisotopic (exact) mass is 261 g/mol. The average molecular weight is 261 g/mol. The van der Waals surface area contributed by atoms with E-state index in [2.05, 4.69) is 24.5 Å². The second-order valence-electron chi connectivity index (χ2n) is 5.09. The molecule has 1 atom stereocenters. The van der Waals surface area contributed by atoms with E-state index in [-0.39, 0.29) is 5.54 Å². The Kier molecular flexibility index (Phi) is 4.22. The van der Waals surface area contributed by atoms with Crippen molar-refractivity contribution in [3.05, 3.63) is 30.1 Å². The van der Waals surface area contributed by atoms with E-state index in [1.807, 2.05) is 18.2 Å². The minimum Gasteiger partial charge on any atom is -0.383 e. The number of ether oxygens (including phenoxy) is 1. The highest BCUT2D eigenvalue weighted by molar-refractivity contribution is 5.75. The normalized spacial score (nSPS) is 14.7. The van der Waals surface area contributed by atoms with Crippen LogP contribution in [0.25, 0.3) is 11.0 Å². The van der Waals surface area contributed by atoms with Crippen LogP contribution in [0.5, 0.6) is 0 Å². The van der Waals surface area contributed by atoms with Gasteiger partial charge in [0.05, 0.1) is 17.6 Å². The molecule has 0 radical (unpaired) electrons. The SMILES string of the molecule is CCn1c(CC(N)(CC)COC)nc2ccccc21. The molecule has 0 saturated heterocycles. The van der Waals surface area contributed by atoms with Gasteiger partial charge in [-0.1, -0.05) is 19.1 Å². The van der Waals surface area contributed by atoms with Gasteiger partial charge in [0.25, 0.3) is 0 Å². The van der Waals surface area contributed by atoms with Crippen molar-refractivity contribution < 1.29 is 4.74 Å². The summed E-state index contributed by atoms with van der Waals surface area (Å²) in [5.41, 5.74) is 8.28. The topological polar surface area (TPSA) is 53.1 Å². The summed E-state index contributed by atoms with van der Waals surface area (Å²) in [6.07, 6.45) is 1.60. The lowest BCUT2D eigenvalue weighted by molar-refractivity contribution is 0.127. The third-order valence-electron chi connectivity index (χ3n) is 3.70. The summed E-state index contributed by atoms with van der Waals surface area (Å²) in [5.74, 6) is 1.05. The maximum atomic E-state index is 6.41. The first-order valence-corrected chi connectivity index (χ1v) is 6.85. The number of hydrogen-bond donors (Lipinski definition) is 1. The molecule has 0 fully saturated rings. The predicted molar refractivity (Wildman–Crippen MR) is 78.2 cm³/mol. The Bertz CT molecular complexity index is 549. The van der Waals surface area contributed by atoms with Crippen molar-refractivity contribution >= 4 is 11.0 Å². The zero-order chi connectivity index (χ0) is 13.9. The maximum Gasteiger partial charge on any atom is 0.111 e. The van der Waals surface area contributed by atoms with Crippen LogP contribution in [0.2, 0.25) is 0 Å². The van der Waals surface area contributed by atoms with Crippen LogP contribution in [0.15, 0.2) is 24.3 Å². The van der Waals surface area contributed by atoms with Gasteiger partial charge in [-0.15, -0.1) is 0 Å². The number of methoxy groups -OCH3 is 1. The third kappa shape index (κ3) is 2.80. The maximum absolute atomic E-state index is 6.41. The Labute approximate surface area is 114 Å². The van der Waals surface area contributed by atoms with Crippen LogP contribution in [0.1, 0.15) is 26.1 Å². The van der Waals surface area contributed by atoms with Crippen molar-refractivity contribution in [2.75, 3.05) is 13.7 Å². The zero-order valence-electron chi connectivity index (χ0n) is 12.0. The molecular weight excluding hydrogens is 238 g/mol. The molecule has 0 spiro atoms. The highest BCUT2D eigenvalue weighted by Crippen LogP contribution is 2.20. The second kappa shape index (κ2) is 5.72. The number of aromatic nitrogens is 2. The fraction of sp³-hybridized carbons (Fsp3) is 0.533. The second-order valence-corrected chi connectivity index (χ2v) is 5.09. The van der Waals surface area contributed by atoms with Crippen LogP contribution < -0.4 is 5.73 Å². The predicted octanol–water partition coefficient (Wildman–Crippen LogP) is 2.35. The van der Waals surface area contributed by atoms with Crippen molar-refractivity contribution in [2.24, 2.45) is 5.73 Å². The molecule has 1 unspecified atom stereocenters. The third-order valence-corrected chi connectivity index (χ3v) is 3.70. The summed E-state index contributed by atoms with van der Waals surface area (Å²) in [6, 6.07) is 8.22. The van der Waals surface area contributed by atoms with E-state index in [1.54, 1.807) is 7.11 Å². The van der Waals surface area contributed by atoms with E-state index in [0.717, 1.165) is 30.7 Å². The van der Waals surface area contributed by atoms with E-state index >= 15 is 0 Å². The molecule has 2 aromatic rings. The molecule has 4 nitrogen and oxygen atoms in total. The molecular formula is C15H23N3O. The summed E-state index contributed by atoms with van der Waals surface area (Å²) in [7, 11) is 1.69. The molecule has 1 heterocycles. The van der Waals surface area contributed by atoms with Gasteiger partial charge in [-0.25, -0.2) is 4.98 Å². The van der Waals surface area contributed by atoms with Crippen LogP contribution in [0.4, 0.5) is 0 Å².